The molecule has 0 unspecified atom stereocenters. The van der Waals surface area contributed by atoms with Crippen LogP contribution in [0.2, 0.25) is 0 Å². The standard InChI is InChI=1S/C21H21N5O4/c1-26(19(21(27)28)12-7-5-4-6-8-12)15-11-22-25-18(15)20-23-13-9-16(29-2)17(30-3)10-14(13)24-20/h4-11,19H,1-3H3,(H,22,25)(H,23,24)(H,27,28)/t19-/m0/s1. The average Bonchev–Trinajstić information content (AvgIpc) is 3.39. The second kappa shape index (κ2) is 7.78. The van der Waals surface area contributed by atoms with Gasteiger partial charge in [-0.3, -0.25) is 5.10 Å². The average molecular weight is 407 g/mol. The first-order valence-corrected chi connectivity index (χ1v) is 9.19. The van der Waals surface area contributed by atoms with Gasteiger partial charge in [0.05, 0.1) is 37.1 Å². The first-order chi connectivity index (χ1) is 14.5. The summed E-state index contributed by atoms with van der Waals surface area (Å²) in [4.78, 5) is 21.6. The monoisotopic (exact) mass is 407 g/mol. The summed E-state index contributed by atoms with van der Waals surface area (Å²) in [7, 11) is 4.85. The van der Waals surface area contributed by atoms with Gasteiger partial charge in [0.1, 0.15) is 5.69 Å². The number of aromatic nitrogens is 4. The minimum absolute atomic E-state index is 0.525. The highest BCUT2D eigenvalue weighted by atomic mass is 16.5. The first kappa shape index (κ1) is 19.3. The van der Waals surface area contributed by atoms with Crippen LogP contribution in [-0.4, -0.2) is 52.5 Å². The molecule has 1 atom stereocenters. The van der Waals surface area contributed by atoms with Crippen LogP contribution in [0.5, 0.6) is 11.5 Å². The highest BCUT2D eigenvalue weighted by molar-refractivity contribution is 5.86. The molecule has 0 amide bonds. The number of hydrogen-bond donors (Lipinski definition) is 3. The van der Waals surface area contributed by atoms with E-state index in [4.69, 9.17) is 9.47 Å². The zero-order chi connectivity index (χ0) is 21.3. The van der Waals surface area contributed by atoms with Gasteiger partial charge in [0.15, 0.2) is 23.4 Å². The molecule has 154 valence electrons. The predicted octanol–water partition coefficient (Wildman–Crippen LogP) is 3.23. The fourth-order valence-electron chi connectivity index (χ4n) is 3.48. The quantitative estimate of drug-likeness (QED) is 0.431. The van der Waals surface area contributed by atoms with Crippen LogP contribution in [0.3, 0.4) is 0 Å². The van der Waals surface area contributed by atoms with Gasteiger partial charge in [-0.05, 0) is 5.56 Å². The molecule has 4 rings (SSSR count). The Labute approximate surface area is 172 Å². The van der Waals surface area contributed by atoms with E-state index in [9.17, 15) is 9.90 Å². The third kappa shape index (κ3) is 3.30. The fourth-order valence-corrected chi connectivity index (χ4v) is 3.48. The fraction of sp³-hybridized carbons (Fsp3) is 0.190. The summed E-state index contributed by atoms with van der Waals surface area (Å²) in [5.41, 5.74) is 3.28. The third-order valence-electron chi connectivity index (χ3n) is 4.96. The van der Waals surface area contributed by atoms with E-state index in [0.29, 0.717) is 39.8 Å². The maximum atomic E-state index is 12.0. The van der Waals surface area contributed by atoms with E-state index in [-0.39, 0.29) is 0 Å². The lowest BCUT2D eigenvalue weighted by atomic mass is 10.1. The van der Waals surface area contributed by atoms with Gasteiger partial charge in [-0.25, -0.2) is 9.78 Å². The Bertz CT molecular complexity index is 1140. The molecule has 0 saturated heterocycles. The Kier molecular flexibility index (Phi) is 5.01. The van der Waals surface area contributed by atoms with E-state index in [1.54, 1.807) is 56.6 Å². The van der Waals surface area contributed by atoms with Crippen LogP contribution in [0.25, 0.3) is 22.6 Å². The molecule has 0 aliphatic carbocycles. The molecule has 4 aromatic rings. The Balaban J connectivity index is 1.76. The summed E-state index contributed by atoms with van der Waals surface area (Å²) in [6, 6.07) is 11.7. The van der Waals surface area contributed by atoms with Crippen molar-refractivity contribution in [2.45, 2.75) is 6.04 Å². The number of aliphatic carboxylic acids is 1. The van der Waals surface area contributed by atoms with Gasteiger partial charge >= 0.3 is 5.97 Å². The number of benzene rings is 2. The summed E-state index contributed by atoms with van der Waals surface area (Å²) < 4.78 is 10.7. The second-order valence-electron chi connectivity index (χ2n) is 6.70. The Hall–Kier alpha value is -4.01. The summed E-state index contributed by atoms with van der Waals surface area (Å²) in [5.74, 6) is 0.712. The van der Waals surface area contributed by atoms with Gasteiger partial charge in [-0.15, -0.1) is 0 Å². The highest BCUT2D eigenvalue weighted by Crippen LogP contribution is 2.35. The molecule has 9 nitrogen and oxygen atoms in total. The van der Waals surface area contributed by atoms with Crippen molar-refractivity contribution in [1.29, 1.82) is 0 Å². The van der Waals surface area contributed by atoms with Crippen molar-refractivity contribution < 1.29 is 19.4 Å². The first-order valence-electron chi connectivity index (χ1n) is 9.19. The van der Waals surface area contributed by atoms with Crippen molar-refractivity contribution in [3.8, 4) is 23.0 Å². The molecule has 0 aliphatic heterocycles. The van der Waals surface area contributed by atoms with Crippen molar-refractivity contribution >= 4 is 22.7 Å². The molecular weight excluding hydrogens is 386 g/mol. The number of carboxylic acid groups (broad SMARTS) is 1. The smallest absolute Gasteiger partial charge is 0.331 e. The van der Waals surface area contributed by atoms with Crippen LogP contribution < -0.4 is 14.4 Å². The molecular formula is C21H21N5O4. The Morgan fingerprint density at radius 3 is 2.50 bits per heavy atom. The van der Waals surface area contributed by atoms with Crippen molar-refractivity contribution in [3.05, 3.63) is 54.2 Å². The highest BCUT2D eigenvalue weighted by Gasteiger charge is 2.28. The number of imidazole rings is 1. The molecule has 2 aromatic heterocycles. The summed E-state index contributed by atoms with van der Waals surface area (Å²) in [6.45, 7) is 0. The summed E-state index contributed by atoms with van der Waals surface area (Å²) in [6.07, 6.45) is 1.59. The van der Waals surface area contributed by atoms with Crippen molar-refractivity contribution in [2.24, 2.45) is 0 Å². The predicted molar refractivity (Wildman–Crippen MR) is 112 cm³/mol. The van der Waals surface area contributed by atoms with Crippen LogP contribution in [0.1, 0.15) is 11.6 Å². The van der Waals surface area contributed by atoms with Gasteiger partial charge in [-0.2, -0.15) is 5.10 Å². The molecule has 30 heavy (non-hydrogen) atoms. The molecule has 0 fully saturated rings. The molecule has 3 N–H and O–H groups in total. The SMILES string of the molecule is COc1cc2nc(-c3[nH]ncc3N(C)[C@H](C(=O)O)c3ccccc3)[nH]c2cc1OC. The minimum Gasteiger partial charge on any atom is -0.493 e. The van der Waals surface area contributed by atoms with Crippen molar-refractivity contribution in [3.63, 3.8) is 0 Å². The maximum Gasteiger partial charge on any atom is 0.331 e. The van der Waals surface area contributed by atoms with E-state index >= 15 is 0 Å². The van der Waals surface area contributed by atoms with Crippen LogP contribution in [0.15, 0.2) is 48.7 Å². The maximum absolute atomic E-state index is 12.0. The van der Waals surface area contributed by atoms with Crippen LogP contribution in [0, 0.1) is 0 Å². The number of ether oxygens (including phenoxy) is 2. The molecule has 0 bridgehead atoms. The molecule has 0 radical (unpaired) electrons. The number of likely N-dealkylation sites (N-methyl/N-ethyl adjacent to an activating group) is 1. The Morgan fingerprint density at radius 1 is 1.13 bits per heavy atom. The number of methoxy groups -OCH3 is 2. The zero-order valence-electron chi connectivity index (χ0n) is 16.7. The topological polar surface area (TPSA) is 116 Å². The van der Waals surface area contributed by atoms with Gasteiger partial charge in [0.2, 0.25) is 0 Å². The third-order valence-corrected chi connectivity index (χ3v) is 4.96. The number of carboxylic acids is 1. The molecule has 0 spiro atoms. The number of nitrogens with zero attached hydrogens (tertiary/aromatic N) is 3. The number of hydrogen-bond acceptors (Lipinski definition) is 6. The van der Waals surface area contributed by atoms with E-state index in [2.05, 4.69) is 20.2 Å². The lowest BCUT2D eigenvalue weighted by molar-refractivity contribution is -0.138. The summed E-state index contributed by atoms with van der Waals surface area (Å²) in [5, 5.41) is 16.9. The van der Waals surface area contributed by atoms with Crippen molar-refractivity contribution in [2.75, 3.05) is 26.2 Å². The number of nitrogens with one attached hydrogen (secondary N) is 2. The number of H-pyrrole nitrogens is 2. The van der Waals surface area contributed by atoms with Gasteiger partial charge in [0, 0.05) is 19.2 Å². The van der Waals surface area contributed by atoms with E-state index in [0.717, 1.165) is 5.52 Å². The lowest BCUT2D eigenvalue weighted by Gasteiger charge is -2.26. The number of aromatic amines is 2. The van der Waals surface area contributed by atoms with E-state index in [1.165, 1.54) is 0 Å². The van der Waals surface area contributed by atoms with Crippen LogP contribution in [0.4, 0.5) is 5.69 Å². The minimum atomic E-state index is -0.963. The van der Waals surface area contributed by atoms with E-state index in [1.807, 2.05) is 18.2 Å². The molecule has 9 heteroatoms. The van der Waals surface area contributed by atoms with Gasteiger partial charge in [0.25, 0.3) is 0 Å². The number of anilines is 1. The normalized spacial score (nSPS) is 12.0. The zero-order valence-corrected chi connectivity index (χ0v) is 16.7. The largest absolute Gasteiger partial charge is 0.493 e. The summed E-state index contributed by atoms with van der Waals surface area (Å²) >= 11 is 0. The second-order valence-corrected chi connectivity index (χ2v) is 6.70. The molecule has 2 aromatic carbocycles. The van der Waals surface area contributed by atoms with Crippen LogP contribution >= 0.6 is 0 Å². The molecule has 2 heterocycles. The number of rotatable bonds is 7. The van der Waals surface area contributed by atoms with Gasteiger partial charge in [-0.1, -0.05) is 30.3 Å². The Morgan fingerprint density at radius 2 is 1.83 bits per heavy atom. The lowest BCUT2D eigenvalue weighted by Crippen LogP contribution is -2.30. The van der Waals surface area contributed by atoms with E-state index < -0.39 is 12.0 Å². The van der Waals surface area contributed by atoms with Crippen LogP contribution in [-0.2, 0) is 4.79 Å². The van der Waals surface area contributed by atoms with Crippen molar-refractivity contribution in [1.82, 2.24) is 20.2 Å². The number of carbonyl (C=O) groups is 1. The number of fused-ring (bicyclic) bond motifs is 1. The molecule has 0 aliphatic rings. The van der Waals surface area contributed by atoms with Gasteiger partial charge < -0.3 is 24.5 Å². The molecule has 0 saturated carbocycles.